The molecule has 1 heterocycles. The Labute approximate surface area is 76.8 Å². The summed E-state index contributed by atoms with van der Waals surface area (Å²) in [4.78, 5) is 15.2. The number of hydrogen-bond acceptors (Lipinski definition) is 3. The number of hydrogen-bond donors (Lipinski definition) is 1. The first-order valence-corrected chi connectivity index (χ1v) is 4.05. The molecule has 0 aliphatic carbocycles. The van der Waals surface area contributed by atoms with Gasteiger partial charge in [-0.05, 0) is 6.42 Å². The Morgan fingerprint density at radius 3 is 3.15 bits per heavy atom. The zero-order valence-corrected chi connectivity index (χ0v) is 7.26. The Hall–Kier alpha value is -1.42. The SMILES string of the molecule is C=CCN(O)C(=O)C1C=CN=CC1. The van der Waals surface area contributed by atoms with Crippen LogP contribution < -0.4 is 0 Å². The lowest BCUT2D eigenvalue weighted by Gasteiger charge is -2.18. The zero-order chi connectivity index (χ0) is 9.68. The van der Waals surface area contributed by atoms with E-state index in [2.05, 4.69) is 11.6 Å². The van der Waals surface area contributed by atoms with Crippen molar-refractivity contribution in [2.24, 2.45) is 10.9 Å². The fourth-order valence-corrected chi connectivity index (χ4v) is 1.05. The Bertz CT molecular complexity index is 258. The number of aliphatic imine (C=N–C) groups is 1. The third kappa shape index (κ3) is 2.52. The number of amides is 1. The lowest BCUT2D eigenvalue weighted by molar-refractivity contribution is -0.165. The molecule has 1 aliphatic rings. The molecular formula is C9H12N2O2. The molecule has 4 heteroatoms. The van der Waals surface area contributed by atoms with E-state index in [1.807, 2.05) is 0 Å². The van der Waals surface area contributed by atoms with Gasteiger partial charge in [0, 0.05) is 12.4 Å². The molecule has 0 spiro atoms. The Kier molecular flexibility index (Phi) is 3.40. The summed E-state index contributed by atoms with van der Waals surface area (Å²) >= 11 is 0. The average Bonchev–Trinajstić information content (AvgIpc) is 2.18. The topological polar surface area (TPSA) is 52.9 Å². The first-order chi connectivity index (χ1) is 6.25. The van der Waals surface area contributed by atoms with E-state index in [0.29, 0.717) is 11.5 Å². The molecule has 1 rings (SSSR count). The molecule has 0 aromatic rings. The van der Waals surface area contributed by atoms with Crippen LogP contribution in [0.4, 0.5) is 0 Å². The van der Waals surface area contributed by atoms with Gasteiger partial charge < -0.3 is 0 Å². The van der Waals surface area contributed by atoms with Crippen LogP contribution >= 0.6 is 0 Å². The van der Waals surface area contributed by atoms with Crippen LogP contribution in [0, 0.1) is 5.92 Å². The maximum Gasteiger partial charge on any atom is 0.253 e. The number of rotatable bonds is 3. The summed E-state index contributed by atoms with van der Waals surface area (Å²) in [5.74, 6) is -0.607. The quantitative estimate of drug-likeness (QED) is 0.400. The molecule has 0 fully saturated rings. The molecule has 0 radical (unpaired) electrons. The molecule has 0 saturated carbocycles. The average molecular weight is 180 g/mol. The molecule has 13 heavy (non-hydrogen) atoms. The number of hydroxylamine groups is 2. The van der Waals surface area contributed by atoms with Gasteiger partial charge in [-0.15, -0.1) is 6.58 Å². The second-order valence-corrected chi connectivity index (χ2v) is 2.72. The number of carbonyl (C=O) groups excluding carboxylic acids is 1. The van der Waals surface area contributed by atoms with Gasteiger partial charge >= 0.3 is 0 Å². The van der Waals surface area contributed by atoms with Gasteiger partial charge in [0.1, 0.15) is 0 Å². The predicted molar refractivity (Wildman–Crippen MR) is 49.4 cm³/mol. The van der Waals surface area contributed by atoms with Gasteiger partial charge in [0.05, 0.1) is 12.5 Å². The second-order valence-electron chi connectivity index (χ2n) is 2.72. The van der Waals surface area contributed by atoms with Gasteiger partial charge in [-0.25, -0.2) is 5.06 Å². The van der Waals surface area contributed by atoms with E-state index in [0.717, 1.165) is 0 Å². The molecule has 0 aromatic carbocycles. The summed E-state index contributed by atoms with van der Waals surface area (Å²) in [7, 11) is 0. The minimum absolute atomic E-state index is 0.153. The largest absolute Gasteiger partial charge is 0.286 e. The van der Waals surface area contributed by atoms with Crippen LogP contribution in [0.15, 0.2) is 29.9 Å². The number of carbonyl (C=O) groups is 1. The first-order valence-electron chi connectivity index (χ1n) is 4.05. The molecule has 70 valence electrons. The van der Waals surface area contributed by atoms with Crippen LogP contribution in [0.5, 0.6) is 0 Å². The van der Waals surface area contributed by atoms with Crippen LogP contribution in [0.25, 0.3) is 0 Å². The Morgan fingerprint density at radius 2 is 2.62 bits per heavy atom. The van der Waals surface area contributed by atoms with Crippen molar-refractivity contribution in [1.82, 2.24) is 5.06 Å². The lowest BCUT2D eigenvalue weighted by Crippen LogP contribution is -2.33. The van der Waals surface area contributed by atoms with E-state index in [1.165, 1.54) is 6.08 Å². The summed E-state index contributed by atoms with van der Waals surface area (Å²) in [6.45, 7) is 3.58. The normalized spacial score (nSPS) is 19.9. The van der Waals surface area contributed by atoms with Crippen molar-refractivity contribution in [2.75, 3.05) is 6.54 Å². The fourth-order valence-electron chi connectivity index (χ4n) is 1.05. The smallest absolute Gasteiger partial charge is 0.253 e. The highest BCUT2D eigenvalue weighted by molar-refractivity contribution is 5.83. The molecule has 0 saturated heterocycles. The molecule has 0 aromatic heterocycles. The monoisotopic (exact) mass is 180 g/mol. The second kappa shape index (κ2) is 4.57. The van der Waals surface area contributed by atoms with Crippen LogP contribution in [0.1, 0.15) is 6.42 Å². The van der Waals surface area contributed by atoms with Crippen molar-refractivity contribution < 1.29 is 10.0 Å². The molecule has 1 atom stereocenters. The number of nitrogens with zero attached hydrogens (tertiary/aromatic N) is 2. The van der Waals surface area contributed by atoms with Gasteiger partial charge in [0.2, 0.25) is 0 Å². The van der Waals surface area contributed by atoms with Gasteiger partial charge in [-0.3, -0.25) is 15.0 Å². The highest BCUT2D eigenvalue weighted by Crippen LogP contribution is 2.10. The van der Waals surface area contributed by atoms with E-state index in [-0.39, 0.29) is 18.4 Å². The molecule has 4 nitrogen and oxygen atoms in total. The van der Waals surface area contributed by atoms with E-state index < -0.39 is 0 Å². The Morgan fingerprint density at radius 1 is 1.85 bits per heavy atom. The molecule has 0 bridgehead atoms. The van der Waals surface area contributed by atoms with E-state index in [4.69, 9.17) is 0 Å². The Balaban J connectivity index is 2.51. The molecular weight excluding hydrogens is 168 g/mol. The predicted octanol–water partition coefficient (Wildman–Crippen LogP) is 0.995. The van der Waals surface area contributed by atoms with E-state index >= 15 is 0 Å². The van der Waals surface area contributed by atoms with E-state index in [1.54, 1.807) is 18.5 Å². The van der Waals surface area contributed by atoms with Crippen molar-refractivity contribution in [3.63, 3.8) is 0 Å². The maximum atomic E-state index is 11.4. The highest BCUT2D eigenvalue weighted by Gasteiger charge is 2.20. The van der Waals surface area contributed by atoms with Crippen LogP contribution in [-0.2, 0) is 4.79 Å². The molecule has 1 amide bonds. The zero-order valence-electron chi connectivity index (χ0n) is 7.26. The van der Waals surface area contributed by atoms with Gasteiger partial charge in [-0.2, -0.15) is 0 Å². The summed E-state index contributed by atoms with van der Waals surface area (Å²) in [6.07, 6.45) is 6.91. The third-order valence-corrected chi connectivity index (χ3v) is 1.74. The van der Waals surface area contributed by atoms with Crippen LogP contribution in [-0.4, -0.2) is 28.9 Å². The molecule has 1 N–H and O–H groups in total. The lowest BCUT2D eigenvalue weighted by atomic mass is 10.0. The van der Waals surface area contributed by atoms with Crippen molar-refractivity contribution in [1.29, 1.82) is 0 Å². The first kappa shape index (κ1) is 9.67. The fraction of sp³-hybridized carbons (Fsp3) is 0.333. The van der Waals surface area contributed by atoms with Crippen LogP contribution in [0.3, 0.4) is 0 Å². The summed E-state index contributed by atoms with van der Waals surface area (Å²) in [5.41, 5.74) is 0. The highest BCUT2D eigenvalue weighted by atomic mass is 16.5. The van der Waals surface area contributed by atoms with Crippen molar-refractivity contribution in [3.05, 3.63) is 24.9 Å². The summed E-state index contributed by atoms with van der Waals surface area (Å²) in [5, 5.41) is 9.87. The van der Waals surface area contributed by atoms with Crippen LogP contribution in [0.2, 0.25) is 0 Å². The van der Waals surface area contributed by atoms with E-state index in [9.17, 15) is 10.0 Å². The maximum absolute atomic E-state index is 11.4. The van der Waals surface area contributed by atoms with Gasteiger partial charge in [0.15, 0.2) is 0 Å². The minimum Gasteiger partial charge on any atom is -0.286 e. The van der Waals surface area contributed by atoms with Crippen molar-refractivity contribution in [3.8, 4) is 0 Å². The van der Waals surface area contributed by atoms with Gasteiger partial charge in [0.25, 0.3) is 5.91 Å². The standard InChI is InChI=1S/C9H12N2O2/c1-2-7-11(13)9(12)8-3-5-10-6-4-8/h2-3,5-6,8,13H,1,4,7H2. The van der Waals surface area contributed by atoms with Gasteiger partial charge in [-0.1, -0.05) is 12.2 Å². The molecule has 1 aliphatic heterocycles. The molecule has 1 unspecified atom stereocenters. The van der Waals surface area contributed by atoms with Crippen molar-refractivity contribution >= 4 is 12.1 Å². The minimum atomic E-state index is -0.317. The third-order valence-electron chi connectivity index (χ3n) is 1.74. The summed E-state index contributed by atoms with van der Waals surface area (Å²) in [6, 6.07) is 0. The summed E-state index contributed by atoms with van der Waals surface area (Å²) < 4.78 is 0. The van der Waals surface area contributed by atoms with Crippen molar-refractivity contribution in [2.45, 2.75) is 6.42 Å².